The second-order valence-electron chi connectivity index (χ2n) is 2.43. The zero-order valence-corrected chi connectivity index (χ0v) is 7.64. The van der Waals surface area contributed by atoms with Crippen molar-refractivity contribution in [1.82, 2.24) is 0 Å². The van der Waals surface area contributed by atoms with Gasteiger partial charge < -0.3 is 4.74 Å². The average Bonchev–Trinajstić information content (AvgIpc) is 1.98. The highest BCUT2D eigenvalue weighted by atomic mass is 32.1. The summed E-state index contributed by atoms with van der Waals surface area (Å²) in [6, 6.07) is -0.502. The lowest BCUT2D eigenvalue weighted by Crippen LogP contribution is -2.25. The molecule has 0 spiro atoms. The quantitative estimate of drug-likeness (QED) is 0.366. The maximum Gasteiger partial charge on any atom is 0.331 e. The lowest BCUT2D eigenvalue weighted by Gasteiger charge is -2.11. The molecule has 1 atom stereocenters. The number of hydrogen-bond acceptors (Lipinski definition) is 4. The number of carbonyl (C=O) groups excluding carboxylic acids is 1. The molecule has 0 aliphatic carbocycles. The number of methoxy groups -OCH3 is 1. The SMILES string of the molecule is COC(=O)C(N=C=S)C(C)C. The van der Waals surface area contributed by atoms with Crippen molar-refractivity contribution in [1.29, 1.82) is 0 Å². The molecule has 11 heavy (non-hydrogen) atoms. The van der Waals surface area contributed by atoms with Crippen LogP contribution in [-0.4, -0.2) is 24.3 Å². The molecule has 0 amide bonds. The Morgan fingerprint density at radius 1 is 1.64 bits per heavy atom. The van der Waals surface area contributed by atoms with Crippen molar-refractivity contribution in [2.24, 2.45) is 10.9 Å². The third-order valence-corrected chi connectivity index (χ3v) is 1.37. The van der Waals surface area contributed by atoms with Gasteiger partial charge in [0.25, 0.3) is 0 Å². The van der Waals surface area contributed by atoms with Gasteiger partial charge in [0.05, 0.1) is 12.3 Å². The van der Waals surface area contributed by atoms with Crippen LogP contribution >= 0.6 is 12.2 Å². The van der Waals surface area contributed by atoms with Crippen molar-refractivity contribution in [3.8, 4) is 0 Å². The molecule has 0 fully saturated rings. The average molecular weight is 173 g/mol. The van der Waals surface area contributed by atoms with Gasteiger partial charge in [0.1, 0.15) is 0 Å². The highest BCUT2D eigenvalue weighted by Crippen LogP contribution is 2.06. The van der Waals surface area contributed by atoms with E-state index in [0.29, 0.717) is 0 Å². The number of rotatable bonds is 3. The molecule has 0 saturated heterocycles. The molecule has 0 N–H and O–H groups in total. The Morgan fingerprint density at radius 2 is 2.18 bits per heavy atom. The Morgan fingerprint density at radius 3 is 2.45 bits per heavy atom. The van der Waals surface area contributed by atoms with Crippen LogP contribution in [0.15, 0.2) is 4.99 Å². The summed E-state index contributed by atoms with van der Waals surface area (Å²) in [7, 11) is 1.33. The van der Waals surface area contributed by atoms with Gasteiger partial charge >= 0.3 is 5.97 Å². The van der Waals surface area contributed by atoms with E-state index in [9.17, 15) is 4.79 Å². The monoisotopic (exact) mass is 173 g/mol. The third-order valence-electron chi connectivity index (χ3n) is 1.27. The third kappa shape index (κ3) is 3.25. The minimum Gasteiger partial charge on any atom is -0.467 e. The zero-order valence-electron chi connectivity index (χ0n) is 6.83. The van der Waals surface area contributed by atoms with Crippen LogP contribution in [-0.2, 0) is 9.53 Å². The van der Waals surface area contributed by atoms with Gasteiger partial charge in [-0.25, -0.2) is 9.79 Å². The zero-order chi connectivity index (χ0) is 8.85. The van der Waals surface area contributed by atoms with Gasteiger partial charge in [-0.3, -0.25) is 0 Å². The van der Waals surface area contributed by atoms with Crippen LogP contribution in [0, 0.1) is 5.92 Å². The summed E-state index contributed by atoms with van der Waals surface area (Å²) in [4.78, 5) is 14.6. The minimum atomic E-state index is -0.502. The number of carbonyl (C=O) groups is 1. The molecule has 0 aromatic heterocycles. The van der Waals surface area contributed by atoms with Crippen molar-refractivity contribution in [3.63, 3.8) is 0 Å². The smallest absolute Gasteiger partial charge is 0.331 e. The van der Waals surface area contributed by atoms with E-state index in [2.05, 4.69) is 27.1 Å². The second-order valence-corrected chi connectivity index (χ2v) is 2.61. The van der Waals surface area contributed by atoms with Crippen LogP contribution in [0.2, 0.25) is 0 Å². The molecule has 0 aliphatic heterocycles. The Labute approximate surface area is 71.5 Å². The van der Waals surface area contributed by atoms with Crippen LogP contribution in [0.4, 0.5) is 0 Å². The molecule has 0 rings (SSSR count). The van der Waals surface area contributed by atoms with Crippen molar-refractivity contribution < 1.29 is 9.53 Å². The van der Waals surface area contributed by atoms with Crippen LogP contribution in [0.3, 0.4) is 0 Å². The van der Waals surface area contributed by atoms with Gasteiger partial charge in [-0.1, -0.05) is 13.8 Å². The topological polar surface area (TPSA) is 38.7 Å². The molecule has 0 bridgehead atoms. The van der Waals surface area contributed by atoms with Gasteiger partial charge in [-0.05, 0) is 18.1 Å². The van der Waals surface area contributed by atoms with E-state index in [1.54, 1.807) is 0 Å². The summed E-state index contributed by atoms with van der Waals surface area (Å²) in [5.41, 5.74) is 0. The first kappa shape index (κ1) is 10.3. The molecule has 0 aromatic carbocycles. The molecule has 0 heterocycles. The first-order valence-electron chi connectivity index (χ1n) is 3.28. The van der Waals surface area contributed by atoms with E-state index >= 15 is 0 Å². The number of hydrogen-bond donors (Lipinski definition) is 0. The molecule has 3 nitrogen and oxygen atoms in total. The molecule has 1 unspecified atom stereocenters. The molecule has 0 aliphatic rings. The van der Waals surface area contributed by atoms with Gasteiger partial charge in [-0.2, -0.15) is 0 Å². The lowest BCUT2D eigenvalue weighted by atomic mass is 10.1. The van der Waals surface area contributed by atoms with Gasteiger partial charge in [-0.15, -0.1) is 0 Å². The first-order chi connectivity index (χ1) is 5.13. The Balaban J connectivity index is 4.33. The summed E-state index contributed by atoms with van der Waals surface area (Å²) in [5.74, 6) is -0.268. The standard InChI is InChI=1S/C7H11NO2S/c1-5(2)6(8-4-11)7(9)10-3/h5-6H,1-3H3. The predicted molar refractivity (Wildman–Crippen MR) is 45.7 cm³/mol. The number of isothiocyanates is 1. The second kappa shape index (κ2) is 4.99. The molecule has 62 valence electrons. The molecule has 0 radical (unpaired) electrons. The molecule has 0 aromatic rings. The van der Waals surface area contributed by atoms with E-state index in [0.717, 1.165) is 0 Å². The summed E-state index contributed by atoms with van der Waals surface area (Å²) in [5, 5.41) is 2.17. The number of aliphatic imine (C=N–C) groups is 1. The largest absolute Gasteiger partial charge is 0.467 e. The molecular formula is C7H11NO2S. The summed E-state index contributed by atoms with van der Waals surface area (Å²) < 4.78 is 4.51. The Bertz CT molecular complexity index is 185. The predicted octanol–water partition coefficient (Wildman–Crippen LogP) is 1.29. The van der Waals surface area contributed by atoms with Crippen molar-refractivity contribution in [2.75, 3.05) is 7.11 Å². The van der Waals surface area contributed by atoms with Crippen molar-refractivity contribution in [2.45, 2.75) is 19.9 Å². The fourth-order valence-electron chi connectivity index (χ4n) is 0.651. The highest BCUT2D eigenvalue weighted by Gasteiger charge is 2.21. The van der Waals surface area contributed by atoms with E-state index in [1.807, 2.05) is 13.8 Å². The maximum atomic E-state index is 10.9. The molecular weight excluding hydrogens is 162 g/mol. The van der Waals surface area contributed by atoms with Crippen molar-refractivity contribution in [3.05, 3.63) is 0 Å². The van der Waals surface area contributed by atoms with E-state index in [4.69, 9.17) is 0 Å². The maximum absolute atomic E-state index is 10.9. The number of thiocarbonyl (C=S) groups is 1. The van der Waals surface area contributed by atoms with E-state index < -0.39 is 6.04 Å². The van der Waals surface area contributed by atoms with Gasteiger partial charge in [0, 0.05) is 0 Å². The first-order valence-corrected chi connectivity index (χ1v) is 3.69. The van der Waals surface area contributed by atoms with Crippen LogP contribution in [0.1, 0.15) is 13.8 Å². The van der Waals surface area contributed by atoms with Gasteiger partial charge in [0.2, 0.25) is 0 Å². The molecule has 4 heteroatoms. The Kier molecular flexibility index (Phi) is 4.66. The lowest BCUT2D eigenvalue weighted by molar-refractivity contribution is -0.143. The van der Waals surface area contributed by atoms with Crippen LogP contribution < -0.4 is 0 Å². The summed E-state index contributed by atoms with van der Waals surface area (Å²) >= 11 is 4.39. The normalized spacial score (nSPS) is 12.0. The fourth-order valence-corrected chi connectivity index (χ4v) is 0.765. The number of esters is 1. The highest BCUT2D eigenvalue weighted by molar-refractivity contribution is 7.78. The number of ether oxygens (including phenoxy) is 1. The Hall–Kier alpha value is -0.730. The summed E-state index contributed by atoms with van der Waals surface area (Å²) in [6.07, 6.45) is 0. The van der Waals surface area contributed by atoms with E-state index in [-0.39, 0.29) is 11.9 Å². The fraction of sp³-hybridized carbons (Fsp3) is 0.714. The number of nitrogens with zero attached hydrogens (tertiary/aromatic N) is 1. The van der Waals surface area contributed by atoms with Gasteiger partial charge in [0.15, 0.2) is 6.04 Å². The van der Waals surface area contributed by atoms with Crippen molar-refractivity contribution >= 4 is 23.3 Å². The molecule has 0 saturated carbocycles. The van der Waals surface area contributed by atoms with Crippen LogP contribution in [0.5, 0.6) is 0 Å². The van der Waals surface area contributed by atoms with E-state index in [1.165, 1.54) is 7.11 Å². The minimum absolute atomic E-state index is 0.0953. The summed E-state index contributed by atoms with van der Waals surface area (Å²) in [6.45, 7) is 3.75. The van der Waals surface area contributed by atoms with Crippen LogP contribution in [0.25, 0.3) is 0 Å².